The zero-order valence-corrected chi connectivity index (χ0v) is 13.0. The molecule has 1 aromatic heterocycles. The number of benzene rings is 1. The van der Waals surface area contributed by atoms with Gasteiger partial charge < -0.3 is 4.90 Å². The summed E-state index contributed by atoms with van der Waals surface area (Å²) in [6.45, 7) is 0.949. The summed E-state index contributed by atoms with van der Waals surface area (Å²) in [7, 11) is 0. The third-order valence-electron chi connectivity index (χ3n) is 4.24. The summed E-state index contributed by atoms with van der Waals surface area (Å²) in [5, 5.41) is 0. The maximum atomic E-state index is 12.7. The number of halogens is 3. The monoisotopic (exact) mass is 334 g/mol. The van der Waals surface area contributed by atoms with E-state index < -0.39 is 11.7 Å². The predicted molar refractivity (Wildman–Crippen MR) is 83.3 cm³/mol. The van der Waals surface area contributed by atoms with E-state index >= 15 is 0 Å². The summed E-state index contributed by atoms with van der Waals surface area (Å²) in [6.07, 6.45) is -1.71. The summed E-state index contributed by atoms with van der Waals surface area (Å²) in [5.41, 5.74) is 0.860. The number of aryl methyl sites for hydroxylation is 1. The first-order valence-corrected chi connectivity index (χ1v) is 7.78. The molecule has 2 heterocycles. The van der Waals surface area contributed by atoms with Gasteiger partial charge in [0.15, 0.2) is 0 Å². The van der Waals surface area contributed by atoms with Crippen molar-refractivity contribution in [1.29, 1.82) is 0 Å². The van der Waals surface area contributed by atoms with Gasteiger partial charge >= 0.3 is 6.18 Å². The lowest BCUT2D eigenvalue weighted by Gasteiger charge is -2.40. The maximum Gasteiger partial charge on any atom is 0.416 e. The Morgan fingerprint density at radius 3 is 2.62 bits per heavy atom. The minimum absolute atomic E-state index is 0.0175. The van der Waals surface area contributed by atoms with E-state index in [1.807, 2.05) is 18.2 Å². The molecule has 1 aliphatic heterocycles. The molecular weight excluding hydrogens is 317 g/mol. The number of pyridine rings is 1. The zero-order valence-electron chi connectivity index (χ0n) is 13.0. The van der Waals surface area contributed by atoms with E-state index in [0.717, 1.165) is 11.8 Å². The zero-order chi connectivity index (χ0) is 17.2. The van der Waals surface area contributed by atoms with Crippen LogP contribution in [0.5, 0.6) is 0 Å². The van der Waals surface area contributed by atoms with Crippen LogP contribution in [-0.2, 0) is 17.4 Å². The van der Waals surface area contributed by atoms with E-state index in [4.69, 9.17) is 0 Å². The fraction of sp³-hybridized carbons (Fsp3) is 0.333. The molecule has 1 fully saturated rings. The molecule has 0 aliphatic carbocycles. The van der Waals surface area contributed by atoms with E-state index in [9.17, 15) is 18.0 Å². The third kappa shape index (κ3) is 3.75. The van der Waals surface area contributed by atoms with Gasteiger partial charge in [0.2, 0.25) is 5.91 Å². The predicted octanol–water partition coefficient (Wildman–Crippen LogP) is 3.66. The van der Waals surface area contributed by atoms with Gasteiger partial charge in [0.05, 0.1) is 5.56 Å². The van der Waals surface area contributed by atoms with Crippen LogP contribution in [0.2, 0.25) is 0 Å². The summed E-state index contributed by atoms with van der Waals surface area (Å²) in [4.78, 5) is 18.0. The standard InChI is InChI=1S/C18H17F3N2O/c19-18(20,21)15-5-3-4-13(10-15)14-11-23(12-14)17(24)8-7-16-6-1-2-9-22-16/h1-6,9-10,14H,7-8,11-12H2. The van der Waals surface area contributed by atoms with Gasteiger partial charge in [-0.05, 0) is 30.2 Å². The highest BCUT2D eigenvalue weighted by atomic mass is 19.4. The molecule has 0 N–H and O–H groups in total. The maximum absolute atomic E-state index is 12.7. The number of amides is 1. The van der Waals surface area contributed by atoms with Crippen LogP contribution in [0, 0.1) is 0 Å². The van der Waals surface area contributed by atoms with Gasteiger partial charge in [-0.25, -0.2) is 0 Å². The van der Waals surface area contributed by atoms with E-state index in [2.05, 4.69) is 4.98 Å². The molecule has 1 amide bonds. The van der Waals surface area contributed by atoms with E-state index in [1.54, 1.807) is 17.2 Å². The lowest BCUT2D eigenvalue weighted by molar-refractivity contribution is -0.138. The number of carbonyl (C=O) groups excluding carboxylic acids is 1. The van der Waals surface area contributed by atoms with Gasteiger partial charge in [-0.15, -0.1) is 0 Å². The molecule has 6 heteroatoms. The van der Waals surface area contributed by atoms with Crippen molar-refractivity contribution in [3.05, 3.63) is 65.5 Å². The SMILES string of the molecule is O=C(CCc1ccccn1)N1CC(c2cccc(C(F)(F)F)c2)C1. The molecule has 2 aromatic rings. The Kier molecular flexibility index (Phi) is 4.55. The van der Waals surface area contributed by atoms with Crippen LogP contribution in [0.3, 0.4) is 0 Å². The third-order valence-corrected chi connectivity index (χ3v) is 4.24. The van der Waals surface area contributed by atoms with Gasteiger partial charge in [0, 0.05) is 37.3 Å². The topological polar surface area (TPSA) is 33.2 Å². The highest BCUT2D eigenvalue weighted by Gasteiger charge is 2.34. The molecule has 24 heavy (non-hydrogen) atoms. The summed E-state index contributed by atoms with van der Waals surface area (Å²) in [5.74, 6) is -0.00465. The van der Waals surface area contributed by atoms with Crippen molar-refractivity contribution < 1.29 is 18.0 Å². The second kappa shape index (κ2) is 6.63. The number of hydrogen-bond acceptors (Lipinski definition) is 2. The molecule has 1 aromatic carbocycles. The fourth-order valence-corrected chi connectivity index (χ4v) is 2.80. The highest BCUT2D eigenvalue weighted by molar-refractivity contribution is 5.77. The number of rotatable bonds is 4. The van der Waals surface area contributed by atoms with E-state index in [1.165, 1.54) is 12.1 Å². The number of hydrogen-bond donors (Lipinski definition) is 0. The van der Waals surface area contributed by atoms with Crippen molar-refractivity contribution in [2.24, 2.45) is 0 Å². The Morgan fingerprint density at radius 2 is 1.96 bits per heavy atom. The van der Waals surface area contributed by atoms with Gasteiger partial charge in [0.25, 0.3) is 0 Å². The largest absolute Gasteiger partial charge is 0.416 e. The highest BCUT2D eigenvalue weighted by Crippen LogP contribution is 2.33. The Bertz CT molecular complexity index is 710. The lowest BCUT2D eigenvalue weighted by atomic mass is 9.90. The van der Waals surface area contributed by atoms with Crippen LogP contribution < -0.4 is 0 Å². The Labute approximate surface area is 138 Å². The van der Waals surface area contributed by atoms with Gasteiger partial charge in [-0.3, -0.25) is 9.78 Å². The summed E-state index contributed by atoms with van der Waals surface area (Å²) >= 11 is 0. The van der Waals surface area contributed by atoms with Crippen molar-refractivity contribution in [3.8, 4) is 0 Å². The average Bonchev–Trinajstić information content (AvgIpc) is 2.52. The normalized spacial score (nSPS) is 15.2. The van der Waals surface area contributed by atoms with Crippen molar-refractivity contribution in [2.75, 3.05) is 13.1 Å². The molecule has 0 radical (unpaired) electrons. The number of nitrogens with zero attached hydrogens (tertiary/aromatic N) is 2. The van der Waals surface area contributed by atoms with Gasteiger partial charge in [0.1, 0.15) is 0 Å². The van der Waals surface area contributed by atoms with Gasteiger partial charge in [-0.2, -0.15) is 13.2 Å². The van der Waals surface area contributed by atoms with Crippen molar-refractivity contribution in [1.82, 2.24) is 9.88 Å². The fourth-order valence-electron chi connectivity index (χ4n) is 2.80. The van der Waals surface area contributed by atoms with Crippen LogP contribution in [0.1, 0.15) is 29.2 Å². The van der Waals surface area contributed by atoms with Gasteiger partial charge in [-0.1, -0.05) is 24.3 Å². The molecule has 3 nitrogen and oxygen atoms in total. The molecule has 0 atom stereocenters. The van der Waals surface area contributed by atoms with Crippen LogP contribution in [-0.4, -0.2) is 28.9 Å². The molecule has 0 saturated carbocycles. The summed E-state index contributed by atoms with van der Waals surface area (Å²) in [6, 6.07) is 10.9. The molecule has 0 unspecified atom stereocenters. The second-order valence-electron chi connectivity index (χ2n) is 5.94. The minimum Gasteiger partial charge on any atom is -0.341 e. The Hall–Kier alpha value is -2.37. The van der Waals surface area contributed by atoms with E-state index in [-0.39, 0.29) is 11.8 Å². The molecule has 0 spiro atoms. The smallest absolute Gasteiger partial charge is 0.341 e. The molecular formula is C18H17F3N2O. The first-order valence-electron chi connectivity index (χ1n) is 7.78. The van der Waals surface area contributed by atoms with E-state index in [0.29, 0.717) is 31.5 Å². The first kappa shape index (κ1) is 16.5. The van der Waals surface area contributed by atoms with Crippen LogP contribution in [0.25, 0.3) is 0 Å². The lowest BCUT2D eigenvalue weighted by Crippen LogP contribution is -2.48. The number of likely N-dealkylation sites (tertiary alicyclic amines) is 1. The quantitative estimate of drug-likeness (QED) is 0.855. The minimum atomic E-state index is -4.34. The summed E-state index contributed by atoms with van der Waals surface area (Å²) < 4.78 is 38.2. The number of alkyl halides is 3. The Morgan fingerprint density at radius 1 is 1.17 bits per heavy atom. The second-order valence-corrected chi connectivity index (χ2v) is 5.94. The molecule has 0 bridgehead atoms. The molecule has 3 rings (SSSR count). The molecule has 126 valence electrons. The molecule has 1 aliphatic rings. The van der Waals surface area contributed by atoms with Crippen LogP contribution in [0.15, 0.2) is 48.7 Å². The first-order chi connectivity index (χ1) is 11.4. The average molecular weight is 334 g/mol. The molecule has 1 saturated heterocycles. The number of carbonyl (C=O) groups is 1. The van der Waals surface area contributed by atoms with Crippen molar-refractivity contribution in [3.63, 3.8) is 0 Å². The Balaban J connectivity index is 1.53. The van der Waals surface area contributed by atoms with Crippen molar-refractivity contribution in [2.45, 2.75) is 24.9 Å². The van der Waals surface area contributed by atoms with Crippen molar-refractivity contribution >= 4 is 5.91 Å². The van der Waals surface area contributed by atoms with Crippen LogP contribution in [0.4, 0.5) is 13.2 Å². The number of aromatic nitrogens is 1. The van der Waals surface area contributed by atoms with Crippen LogP contribution >= 0.6 is 0 Å².